The fraction of sp³-hybridized carbons (Fsp3) is 0.333. The summed E-state index contributed by atoms with van der Waals surface area (Å²) >= 11 is 8.03. The van der Waals surface area contributed by atoms with Crippen molar-refractivity contribution in [3.63, 3.8) is 0 Å². The number of thiophene rings is 1. The zero-order chi connectivity index (χ0) is 13.7. The third-order valence-corrected chi connectivity index (χ3v) is 4.27. The van der Waals surface area contributed by atoms with Gasteiger partial charge in [-0.05, 0) is 43.3 Å². The van der Waals surface area contributed by atoms with E-state index in [4.69, 9.17) is 16.3 Å². The van der Waals surface area contributed by atoms with Gasteiger partial charge >= 0.3 is 0 Å². The van der Waals surface area contributed by atoms with Crippen molar-refractivity contribution in [1.29, 1.82) is 0 Å². The molecule has 0 fully saturated rings. The Hall–Kier alpha value is -1.03. The molecule has 0 bridgehead atoms. The van der Waals surface area contributed by atoms with Gasteiger partial charge in [0.1, 0.15) is 5.75 Å². The van der Waals surface area contributed by atoms with Gasteiger partial charge in [-0.15, -0.1) is 11.3 Å². The van der Waals surface area contributed by atoms with Crippen LogP contribution in [0.3, 0.4) is 0 Å². The molecule has 1 N–H and O–H groups in total. The van der Waals surface area contributed by atoms with Gasteiger partial charge in [-0.25, -0.2) is 0 Å². The molecule has 0 amide bonds. The summed E-state index contributed by atoms with van der Waals surface area (Å²) in [5.74, 6) is 0.832. The first-order valence-electron chi connectivity index (χ1n) is 6.38. The first-order chi connectivity index (χ1) is 9.24. The molecule has 2 nitrogen and oxygen atoms in total. The van der Waals surface area contributed by atoms with Crippen LogP contribution in [0.2, 0.25) is 5.02 Å². The number of ether oxygens (including phenoxy) is 1. The maximum atomic E-state index is 6.26. The van der Waals surface area contributed by atoms with E-state index in [1.54, 1.807) is 18.4 Å². The van der Waals surface area contributed by atoms with E-state index in [-0.39, 0.29) is 0 Å². The van der Waals surface area contributed by atoms with Crippen LogP contribution in [0.1, 0.15) is 18.2 Å². The van der Waals surface area contributed by atoms with Crippen molar-refractivity contribution in [2.75, 3.05) is 13.7 Å². The first kappa shape index (κ1) is 14.4. The summed E-state index contributed by atoms with van der Waals surface area (Å²) in [6.07, 6.45) is 1.15. The SMILES string of the molecule is CCCNCc1ccc(-c2cc(OC)ccc2Cl)s1. The quantitative estimate of drug-likeness (QED) is 0.788. The van der Waals surface area contributed by atoms with Gasteiger partial charge in [0.25, 0.3) is 0 Å². The molecule has 1 aromatic carbocycles. The van der Waals surface area contributed by atoms with Gasteiger partial charge in [0.15, 0.2) is 0 Å². The molecule has 1 aromatic heterocycles. The summed E-state index contributed by atoms with van der Waals surface area (Å²) in [5, 5.41) is 4.17. The predicted octanol–water partition coefficient (Wildman–Crippen LogP) is 4.58. The average Bonchev–Trinajstić information content (AvgIpc) is 2.88. The third-order valence-electron chi connectivity index (χ3n) is 2.83. The van der Waals surface area contributed by atoms with Gasteiger partial charge in [-0.3, -0.25) is 0 Å². The lowest BCUT2D eigenvalue weighted by Gasteiger charge is -2.05. The molecule has 0 atom stereocenters. The average molecular weight is 296 g/mol. The molecule has 0 aliphatic carbocycles. The van der Waals surface area contributed by atoms with E-state index in [0.717, 1.165) is 35.8 Å². The number of halogens is 1. The maximum absolute atomic E-state index is 6.26. The number of hydrogen-bond donors (Lipinski definition) is 1. The molecule has 0 radical (unpaired) electrons. The standard InChI is InChI=1S/C15H18ClNOS/c1-3-8-17-10-12-5-7-15(19-12)13-9-11(18-2)4-6-14(13)16/h4-7,9,17H,3,8,10H2,1-2H3. The number of rotatable bonds is 6. The fourth-order valence-electron chi connectivity index (χ4n) is 1.83. The van der Waals surface area contributed by atoms with Crippen molar-refractivity contribution in [2.24, 2.45) is 0 Å². The zero-order valence-electron chi connectivity index (χ0n) is 11.2. The molecule has 2 rings (SSSR count). The topological polar surface area (TPSA) is 21.3 Å². The molecule has 0 saturated carbocycles. The fourth-order valence-corrected chi connectivity index (χ4v) is 3.11. The van der Waals surface area contributed by atoms with Crippen LogP contribution in [-0.2, 0) is 6.54 Å². The van der Waals surface area contributed by atoms with E-state index < -0.39 is 0 Å². The van der Waals surface area contributed by atoms with Crippen molar-refractivity contribution in [2.45, 2.75) is 19.9 Å². The second-order valence-corrected chi connectivity index (χ2v) is 5.86. The van der Waals surface area contributed by atoms with Crippen LogP contribution >= 0.6 is 22.9 Å². The monoisotopic (exact) mass is 295 g/mol. The Morgan fingerprint density at radius 2 is 2.11 bits per heavy atom. The molecular weight excluding hydrogens is 278 g/mol. The van der Waals surface area contributed by atoms with Crippen LogP contribution in [0.5, 0.6) is 5.75 Å². The zero-order valence-corrected chi connectivity index (χ0v) is 12.8. The van der Waals surface area contributed by atoms with E-state index >= 15 is 0 Å². The van der Waals surface area contributed by atoms with Gasteiger partial charge in [0.05, 0.1) is 7.11 Å². The smallest absolute Gasteiger partial charge is 0.119 e. The van der Waals surface area contributed by atoms with Crippen LogP contribution in [0, 0.1) is 0 Å². The van der Waals surface area contributed by atoms with Crippen LogP contribution in [0.25, 0.3) is 10.4 Å². The summed E-state index contributed by atoms with van der Waals surface area (Å²) in [6, 6.07) is 10.0. The second kappa shape index (κ2) is 6.94. The van der Waals surface area contributed by atoms with E-state index in [1.165, 1.54) is 9.75 Å². The van der Waals surface area contributed by atoms with Gasteiger partial charge < -0.3 is 10.1 Å². The lowest BCUT2D eigenvalue weighted by atomic mass is 10.2. The summed E-state index contributed by atoms with van der Waals surface area (Å²) in [7, 11) is 1.67. The molecule has 102 valence electrons. The summed E-state index contributed by atoms with van der Waals surface area (Å²) < 4.78 is 5.25. The molecule has 0 aliphatic heterocycles. The number of hydrogen-bond acceptors (Lipinski definition) is 3. The molecular formula is C15H18ClNOS. The van der Waals surface area contributed by atoms with E-state index in [2.05, 4.69) is 24.4 Å². The number of methoxy groups -OCH3 is 1. The highest BCUT2D eigenvalue weighted by atomic mass is 35.5. The Kier molecular flexibility index (Phi) is 5.25. The molecule has 1 heterocycles. The Labute approximate surface area is 123 Å². The van der Waals surface area contributed by atoms with Crippen LogP contribution < -0.4 is 10.1 Å². The van der Waals surface area contributed by atoms with Gasteiger partial charge in [-0.2, -0.15) is 0 Å². The molecule has 0 aliphatic rings. The highest BCUT2D eigenvalue weighted by molar-refractivity contribution is 7.15. The van der Waals surface area contributed by atoms with Gasteiger partial charge in [0.2, 0.25) is 0 Å². The molecule has 0 saturated heterocycles. The lowest BCUT2D eigenvalue weighted by molar-refractivity contribution is 0.415. The first-order valence-corrected chi connectivity index (χ1v) is 7.57. The van der Waals surface area contributed by atoms with Crippen molar-refractivity contribution in [1.82, 2.24) is 5.32 Å². The summed E-state index contributed by atoms with van der Waals surface area (Å²) in [4.78, 5) is 2.50. The number of benzene rings is 1. The Balaban J connectivity index is 2.17. The molecule has 0 spiro atoms. The lowest BCUT2D eigenvalue weighted by Crippen LogP contribution is -2.12. The van der Waals surface area contributed by atoms with Gasteiger partial charge in [-0.1, -0.05) is 18.5 Å². The normalized spacial score (nSPS) is 10.7. The summed E-state index contributed by atoms with van der Waals surface area (Å²) in [6.45, 7) is 4.14. The highest BCUT2D eigenvalue weighted by Gasteiger charge is 2.08. The number of nitrogens with one attached hydrogen (secondary N) is 1. The highest BCUT2D eigenvalue weighted by Crippen LogP contribution is 2.35. The van der Waals surface area contributed by atoms with E-state index in [9.17, 15) is 0 Å². The molecule has 4 heteroatoms. The largest absolute Gasteiger partial charge is 0.497 e. The Bertz CT molecular complexity index is 539. The molecule has 19 heavy (non-hydrogen) atoms. The molecule has 2 aromatic rings. The Morgan fingerprint density at radius 1 is 1.26 bits per heavy atom. The summed E-state index contributed by atoms with van der Waals surface area (Å²) in [5.41, 5.74) is 1.03. The van der Waals surface area contributed by atoms with Crippen LogP contribution in [0.4, 0.5) is 0 Å². The van der Waals surface area contributed by atoms with Crippen molar-refractivity contribution in [3.8, 4) is 16.2 Å². The van der Waals surface area contributed by atoms with Crippen molar-refractivity contribution in [3.05, 3.63) is 40.2 Å². The van der Waals surface area contributed by atoms with E-state index in [0.29, 0.717) is 0 Å². The second-order valence-electron chi connectivity index (χ2n) is 4.29. The van der Waals surface area contributed by atoms with E-state index in [1.807, 2.05) is 18.2 Å². The van der Waals surface area contributed by atoms with Crippen LogP contribution in [-0.4, -0.2) is 13.7 Å². The minimum Gasteiger partial charge on any atom is -0.497 e. The minimum absolute atomic E-state index is 0.760. The Morgan fingerprint density at radius 3 is 2.84 bits per heavy atom. The van der Waals surface area contributed by atoms with Crippen molar-refractivity contribution >= 4 is 22.9 Å². The van der Waals surface area contributed by atoms with Crippen molar-refractivity contribution < 1.29 is 4.74 Å². The van der Waals surface area contributed by atoms with Gasteiger partial charge in [0, 0.05) is 26.9 Å². The third kappa shape index (κ3) is 3.72. The molecule has 0 unspecified atom stereocenters. The maximum Gasteiger partial charge on any atom is 0.119 e. The predicted molar refractivity (Wildman–Crippen MR) is 83.3 cm³/mol. The minimum atomic E-state index is 0.760. The van der Waals surface area contributed by atoms with Crippen LogP contribution in [0.15, 0.2) is 30.3 Å².